The van der Waals surface area contributed by atoms with Crippen LogP contribution in [0.4, 0.5) is 0 Å². The van der Waals surface area contributed by atoms with Crippen molar-refractivity contribution >= 4 is 5.78 Å². The van der Waals surface area contributed by atoms with Gasteiger partial charge in [0.25, 0.3) is 0 Å². The molecule has 5 heteroatoms. The van der Waals surface area contributed by atoms with Crippen LogP contribution in [0.15, 0.2) is 0 Å². The Hall–Kier alpha value is -1.13. The fourth-order valence-corrected chi connectivity index (χ4v) is 0.176. The number of nitro groups is 1. The summed E-state index contributed by atoms with van der Waals surface area (Å²) in [5, 5.41) is 8.70. The van der Waals surface area contributed by atoms with E-state index >= 15 is 0 Å². The molecule has 0 aromatic carbocycles. The molecule has 0 amide bonds. The van der Waals surface area contributed by atoms with Crippen LogP contribution in [0.1, 0.15) is 6.92 Å². The summed E-state index contributed by atoms with van der Waals surface area (Å²) in [5.74, 6) is -0.248. The van der Waals surface area contributed by atoms with Gasteiger partial charge in [0.2, 0.25) is 0 Å². The summed E-state index contributed by atoms with van der Waals surface area (Å²) in [6.07, 6.45) is 0. The summed E-state index contributed by atoms with van der Waals surface area (Å²) in [6.45, 7) is 1.07. The van der Waals surface area contributed by atoms with Crippen LogP contribution in [0.2, 0.25) is 0 Å². The summed E-state index contributed by atoms with van der Waals surface area (Å²) in [7, 11) is 0. The second-order valence-corrected chi connectivity index (χ2v) is 1.29. The van der Waals surface area contributed by atoms with Gasteiger partial charge < -0.3 is 0 Å². The largest absolute Gasteiger partial charge is 0.298 e. The van der Waals surface area contributed by atoms with Gasteiger partial charge in [-0.25, -0.2) is 10.1 Å². The first-order chi connectivity index (χ1) is 3.63. The molecule has 0 saturated carbocycles. The average Bonchev–Trinajstić information content (AvgIpc) is 1.61. The van der Waals surface area contributed by atoms with Gasteiger partial charge in [-0.1, -0.05) is 0 Å². The van der Waals surface area contributed by atoms with E-state index < -0.39 is 5.03 Å². The number of nitrogens with zero attached hydrogens (tertiary/aromatic N) is 1. The molecule has 0 radical (unpaired) electrons. The molecule has 1 N–H and O–H groups in total. The van der Waals surface area contributed by atoms with Gasteiger partial charge in [-0.2, -0.15) is 0 Å². The molecule has 0 aromatic heterocycles. The van der Waals surface area contributed by atoms with E-state index in [9.17, 15) is 14.9 Å². The maximum Gasteiger partial charge on any atom is 0.157 e. The van der Waals surface area contributed by atoms with Crippen molar-refractivity contribution in [2.45, 2.75) is 6.92 Å². The summed E-state index contributed by atoms with van der Waals surface area (Å²) < 4.78 is 0. The van der Waals surface area contributed by atoms with E-state index in [1.807, 2.05) is 0 Å². The van der Waals surface area contributed by atoms with Crippen molar-refractivity contribution in [1.29, 1.82) is 0 Å². The maximum absolute atomic E-state index is 9.98. The molecular weight excluding hydrogens is 112 g/mol. The van der Waals surface area contributed by atoms with Crippen molar-refractivity contribution in [3.63, 3.8) is 0 Å². The molecule has 0 heterocycles. The first-order valence-electron chi connectivity index (χ1n) is 2.00. The van der Waals surface area contributed by atoms with E-state index in [1.54, 1.807) is 5.43 Å². The van der Waals surface area contributed by atoms with Crippen LogP contribution in [0.25, 0.3) is 0 Å². The average molecular weight is 118 g/mol. The lowest BCUT2D eigenvalue weighted by Crippen LogP contribution is -2.26. The van der Waals surface area contributed by atoms with Gasteiger partial charge in [0.1, 0.15) is 6.54 Å². The molecule has 0 bridgehead atoms. The molecule has 0 saturated heterocycles. The number of hydrogen-bond acceptors (Lipinski definition) is 3. The Kier molecular flexibility index (Phi) is 2.53. The fraction of sp³-hybridized carbons (Fsp3) is 0.667. The van der Waals surface area contributed by atoms with Crippen LogP contribution in [0, 0.1) is 10.1 Å². The second kappa shape index (κ2) is 2.95. The Morgan fingerprint density at radius 2 is 2.38 bits per heavy atom. The van der Waals surface area contributed by atoms with E-state index in [2.05, 4.69) is 0 Å². The number of Topliss-reactive ketones (excluding diaryl/α,β-unsaturated/α-hetero) is 1. The highest BCUT2D eigenvalue weighted by Crippen LogP contribution is 1.62. The molecule has 0 unspecified atom stereocenters. The molecule has 0 atom stereocenters. The first kappa shape index (κ1) is 6.87. The highest BCUT2D eigenvalue weighted by molar-refractivity contribution is 5.77. The molecule has 0 aliphatic rings. The predicted octanol–water partition coefficient (Wildman–Crippen LogP) is -0.643. The Balaban J connectivity index is 3.18. The van der Waals surface area contributed by atoms with E-state index in [0.29, 0.717) is 0 Å². The number of carbonyl (C=O) groups is 1. The lowest BCUT2D eigenvalue weighted by Gasteiger charge is -1.88. The molecule has 0 aromatic rings. The van der Waals surface area contributed by atoms with Gasteiger partial charge in [0.05, 0.1) is 0 Å². The third-order valence-electron chi connectivity index (χ3n) is 0.457. The minimum absolute atomic E-state index is 0.201. The monoisotopic (exact) mass is 118 g/mol. The third kappa shape index (κ3) is 4.87. The summed E-state index contributed by atoms with van der Waals surface area (Å²) >= 11 is 0. The third-order valence-corrected chi connectivity index (χ3v) is 0.457. The Morgan fingerprint density at radius 3 is 2.50 bits per heavy atom. The topological polar surface area (TPSA) is 72.2 Å². The van der Waals surface area contributed by atoms with E-state index in [0.717, 1.165) is 0 Å². The number of carbonyl (C=O) groups excluding carboxylic acids is 1. The van der Waals surface area contributed by atoms with Crippen molar-refractivity contribution in [2.75, 3.05) is 6.54 Å². The van der Waals surface area contributed by atoms with Crippen molar-refractivity contribution < 1.29 is 9.83 Å². The lowest BCUT2D eigenvalue weighted by molar-refractivity contribution is -0.542. The van der Waals surface area contributed by atoms with Gasteiger partial charge >= 0.3 is 0 Å². The first-order valence-corrected chi connectivity index (χ1v) is 2.00. The normalized spacial score (nSPS) is 8.12. The van der Waals surface area contributed by atoms with Crippen molar-refractivity contribution in [3.05, 3.63) is 10.1 Å². The Bertz CT molecular complexity index is 97.1. The number of hydrogen-bond donors (Lipinski definition) is 1. The quantitative estimate of drug-likeness (QED) is 0.395. The van der Waals surface area contributed by atoms with E-state index in [-0.39, 0.29) is 12.3 Å². The van der Waals surface area contributed by atoms with Crippen LogP contribution in [-0.4, -0.2) is 17.4 Å². The Morgan fingerprint density at radius 1 is 1.88 bits per heavy atom. The van der Waals surface area contributed by atoms with Gasteiger partial charge in [-0.3, -0.25) is 4.79 Å². The van der Waals surface area contributed by atoms with Crippen molar-refractivity contribution in [2.24, 2.45) is 0 Å². The standard InChI is InChI=1S/C3H6N2O3/c1-3(6)2-4-5(7)8/h4H,2H2,1H3. The molecule has 0 fully saturated rings. The lowest BCUT2D eigenvalue weighted by atomic mass is 10.5. The molecule has 0 rings (SSSR count). The predicted molar refractivity (Wildman–Crippen MR) is 25.7 cm³/mol. The van der Waals surface area contributed by atoms with Gasteiger partial charge in [-0.15, -0.1) is 5.43 Å². The summed E-state index contributed by atoms with van der Waals surface area (Å²) in [5.41, 5.74) is 1.72. The van der Waals surface area contributed by atoms with Crippen LogP contribution in [0.5, 0.6) is 0 Å². The maximum atomic E-state index is 9.98. The molecule has 8 heavy (non-hydrogen) atoms. The highest BCUT2D eigenvalue weighted by atomic mass is 16.7. The summed E-state index contributed by atoms with van der Waals surface area (Å²) in [4.78, 5) is 19.4. The van der Waals surface area contributed by atoms with Crippen molar-refractivity contribution in [1.82, 2.24) is 5.43 Å². The second-order valence-electron chi connectivity index (χ2n) is 1.29. The zero-order valence-electron chi connectivity index (χ0n) is 4.38. The van der Waals surface area contributed by atoms with E-state index in [4.69, 9.17) is 0 Å². The van der Waals surface area contributed by atoms with Gasteiger partial charge in [0.15, 0.2) is 10.8 Å². The van der Waals surface area contributed by atoms with Gasteiger partial charge in [-0.05, 0) is 6.92 Å². The van der Waals surface area contributed by atoms with Crippen LogP contribution >= 0.6 is 0 Å². The molecule has 46 valence electrons. The molecular formula is C3H6N2O3. The SMILES string of the molecule is CC(=O)CN[N+](=O)[O-]. The minimum atomic E-state index is -0.749. The fourth-order valence-electron chi connectivity index (χ4n) is 0.176. The van der Waals surface area contributed by atoms with Crippen molar-refractivity contribution in [3.8, 4) is 0 Å². The number of ketones is 1. The smallest absolute Gasteiger partial charge is 0.157 e. The molecule has 0 spiro atoms. The number of hydrazine groups is 1. The van der Waals surface area contributed by atoms with E-state index in [1.165, 1.54) is 6.92 Å². The molecule has 0 aliphatic heterocycles. The zero-order valence-corrected chi connectivity index (χ0v) is 4.38. The number of nitrogens with one attached hydrogen (secondary N) is 1. The highest BCUT2D eigenvalue weighted by Gasteiger charge is 1.95. The van der Waals surface area contributed by atoms with Crippen LogP contribution in [-0.2, 0) is 4.79 Å². The Labute approximate surface area is 45.8 Å². The minimum Gasteiger partial charge on any atom is -0.298 e. The number of rotatable bonds is 3. The summed E-state index contributed by atoms with van der Waals surface area (Å²) in [6, 6.07) is 0. The zero-order chi connectivity index (χ0) is 6.57. The molecule has 5 nitrogen and oxygen atoms in total. The van der Waals surface area contributed by atoms with Crippen LogP contribution < -0.4 is 5.43 Å². The molecule has 0 aliphatic carbocycles. The van der Waals surface area contributed by atoms with Crippen LogP contribution in [0.3, 0.4) is 0 Å². The van der Waals surface area contributed by atoms with Gasteiger partial charge in [0, 0.05) is 0 Å².